The molecule has 0 saturated carbocycles. The van der Waals surface area contributed by atoms with Crippen LogP contribution in [0.4, 0.5) is 4.79 Å². The van der Waals surface area contributed by atoms with Crippen LogP contribution >= 0.6 is 0 Å². The summed E-state index contributed by atoms with van der Waals surface area (Å²) < 4.78 is 0. The van der Waals surface area contributed by atoms with Crippen LogP contribution in [-0.4, -0.2) is 27.8 Å². The number of carbonyl (C=O) groups is 3. The molecule has 3 aromatic rings. The summed E-state index contributed by atoms with van der Waals surface area (Å²) >= 11 is 0. The van der Waals surface area contributed by atoms with Gasteiger partial charge in [-0.05, 0) is 43.5 Å². The van der Waals surface area contributed by atoms with Gasteiger partial charge in [-0.2, -0.15) is 5.01 Å². The van der Waals surface area contributed by atoms with E-state index in [0.29, 0.717) is 5.56 Å². The van der Waals surface area contributed by atoms with Crippen molar-refractivity contribution < 1.29 is 14.4 Å². The van der Waals surface area contributed by atoms with Crippen molar-refractivity contribution in [1.29, 1.82) is 0 Å². The van der Waals surface area contributed by atoms with Gasteiger partial charge in [-0.15, -0.1) is 0 Å². The Morgan fingerprint density at radius 3 is 2.47 bits per heavy atom. The first-order valence-electron chi connectivity index (χ1n) is 9.68. The number of para-hydroxylation sites is 1. The van der Waals surface area contributed by atoms with E-state index in [1.165, 1.54) is 0 Å². The summed E-state index contributed by atoms with van der Waals surface area (Å²) in [6.45, 7) is 5.42. The summed E-state index contributed by atoms with van der Waals surface area (Å²) in [5, 5.41) is 4.40. The molecule has 4 rings (SSSR count). The maximum Gasteiger partial charge on any atom is 0.344 e. The van der Waals surface area contributed by atoms with Gasteiger partial charge in [0.2, 0.25) is 5.91 Å². The highest BCUT2D eigenvalue weighted by Crippen LogP contribution is 2.28. The Morgan fingerprint density at radius 1 is 1.07 bits per heavy atom. The Kier molecular flexibility index (Phi) is 4.73. The topological polar surface area (TPSA) is 91.4 Å². The minimum atomic E-state index is -1.23. The number of carbonyl (C=O) groups excluding carboxylic acids is 3. The third-order valence-electron chi connectivity index (χ3n) is 5.60. The lowest BCUT2D eigenvalue weighted by molar-refractivity contribution is -0.138. The van der Waals surface area contributed by atoms with Crippen molar-refractivity contribution in [2.45, 2.75) is 32.7 Å². The third kappa shape index (κ3) is 3.18. The maximum atomic E-state index is 13.0. The van der Waals surface area contributed by atoms with E-state index in [-0.39, 0.29) is 6.42 Å². The van der Waals surface area contributed by atoms with Gasteiger partial charge in [0, 0.05) is 11.1 Å². The average Bonchev–Trinajstić information content (AvgIpc) is 2.96. The van der Waals surface area contributed by atoms with E-state index in [1.807, 2.05) is 44.2 Å². The molecule has 2 aromatic carbocycles. The second-order valence-electron chi connectivity index (χ2n) is 7.59. The number of rotatable bonds is 4. The molecule has 1 saturated heterocycles. The molecule has 1 aliphatic rings. The SMILES string of the molecule is Cc1nc2ccccc2c(C)c1CC(=O)NN1C(=O)N[C@](C)(c2ccccc2)C1=O. The van der Waals surface area contributed by atoms with Gasteiger partial charge in [-0.3, -0.25) is 20.0 Å². The van der Waals surface area contributed by atoms with Crippen molar-refractivity contribution in [3.05, 3.63) is 77.0 Å². The van der Waals surface area contributed by atoms with Crippen molar-refractivity contribution in [3.63, 3.8) is 0 Å². The second kappa shape index (κ2) is 7.26. The first-order valence-corrected chi connectivity index (χ1v) is 9.68. The number of pyridine rings is 1. The number of hydrazine groups is 1. The van der Waals surface area contributed by atoms with Crippen molar-refractivity contribution in [3.8, 4) is 0 Å². The summed E-state index contributed by atoms with van der Waals surface area (Å²) in [7, 11) is 0. The van der Waals surface area contributed by atoms with E-state index in [2.05, 4.69) is 15.7 Å². The second-order valence-corrected chi connectivity index (χ2v) is 7.59. The van der Waals surface area contributed by atoms with E-state index in [1.54, 1.807) is 31.2 Å². The molecular formula is C23H22N4O3. The van der Waals surface area contributed by atoms with Crippen molar-refractivity contribution >= 4 is 28.7 Å². The molecule has 0 spiro atoms. The average molecular weight is 402 g/mol. The van der Waals surface area contributed by atoms with Crippen LogP contribution in [0.3, 0.4) is 0 Å². The minimum absolute atomic E-state index is 0.00854. The van der Waals surface area contributed by atoms with Crippen molar-refractivity contribution in [2.24, 2.45) is 0 Å². The van der Waals surface area contributed by atoms with Gasteiger partial charge in [-0.25, -0.2) is 4.79 Å². The Bertz CT molecular complexity index is 1180. The van der Waals surface area contributed by atoms with Gasteiger partial charge in [0.05, 0.1) is 11.9 Å². The molecule has 0 radical (unpaired) electrons. The molecule has 1 aliphatic heterocycles. The Balaban J connectivity index is 1.56. The first-order chi connectivity index (χ1) is 14.3. The number of aryl methyl sites for hydroxylation is 2. The van der Waals surface area contributed by atoms with E-state index < -0.39 is 23.4 Å². The zero-order valence-corrected chi connectivity index (χ0v) is 17.0. The first kappa shape index (κ1) is 19.6. The zero-order valence-electron chi connectivity index (χ0n) is 17.0. The molecule has 4 amide bonds. The molecule has 2 heterocycles. The number of hydrogen-bond donors (Lipinski definition) is 2. The zero-order chi connectivity index (χ0) is 21.5. The smallest absolute Gasteiger partial charge is 0.318 e. The quantitative estimate of drug-likeness (QED) is 0.657. The van der Waals surface area contributed by atoms with Gasteiger partial charge in [-0.1, -0.05) is 48.5 Å². The number of benzene rings is 2. The standard InChI is InChI=1S/C23H22N4O3/c1-14-17-11-7-8-12-19(17)24-15(2)18(14)13-20(28)26-27-21(29)23(3,25-22(27)30)16-9-5-4-6-10-16/h4-12H,13H2,1-3H3,(H,25,30)(H,26,28)/t23-/m1/s1. The fraction of sp³-hybridized carbons (Fsp3) is 0.217. The van der Waals surface area contributed by atoms with Crippen LogP contribution in [-0.2, 0) is 21.5 Å². The number of urea groups is 1. The summed E-state index contributed by atoms with van der Waals surface area (Å²) in [5.41, 5.74) is 5.22. The third-order valence-corrected chi connectivity index (χ3v) is 5.60. The highest BCUT2D eigenvalue weighted by molar-refractivity contribution is 6.08. The summed E-state index contributed by atoms with van der Waals surface area (Å²) in [4.78, 5) is 42.7. The van der Waals surface area contributed by atoms with Gasteiger partial charge < -0.3 is 5.32 Å². The molecular weight excluding hydrogens is 380 g/mol. The molecule has 7 nitrogen and oxygen atoms in total. The number of fused-ring (bicyclic) bond motifs is 1. The van der Waals surface area contributed by atoms with Gasteiger partial charge in [0.15, 0.2) is 0 Å². The Labute approximate surface area is 174 Å². The normalized spacial score (nSPS) is 18.6. The predicted octanol–water partition coefficient (Wildman–Crippen LogP) is 2.89. The minimum Gasteiger partial charge on any atom is -0.318 e. The van der Waals surface area contributed by atoms with Crippen molar-refractivity contribution in [1.82, 2.24) is 20.7 Å². The molecule has 1 fully saturated rings. The van der Waals surface area contributed by atoms with Gasteiger partial charge >= 0.3 is 6.03 Å². The fourth-order valence-corrected chi connectivity index (χ4v) is 3.86. The molecule has 0 aliphatic carbocycles. The van der Waals surface area contributed by atoms with E-state index in [4.69, 9.17) is 0 Å². The fourth-order valence-electron chi connectivity index (χ4n) is 3.86. The van der Waals surface area contributed by atoms with Crippen LogP contribution in [0.5, 0.6) is 0 Å². The highest BCUT2D eigenvalue weighted by Gasteiger charge is 2.49. The number of imide groups is 1. The molecule has 2 N–H and O–H groups in total. The lowest BCUT2D eigenvalue weighted by atomic mass is 9.92. The number of nitrogens with one attached hydrogen (secondary N) is 2. The predicted molar refractivity (Wildman–Crippen MR) is 112 cm³/mol. The van der Waals surface area contributed by atoms with E-state index in [0.717, 1.165) is 32.7 Å². The number of aromatic nitrogens is 1. The molecule has 7 heteroatoms. The molecule has 152 valence electrons. The van der Waals surface area contributed by atoms with Crippen LogP contribution in [0.1, 0.15) is 29.3 Å². The summed E-state index contributed by atoms with van der Waals surface area (Å²) in [5.74, 6) is -0.990. The lowest BCUT2D eigenvalue weighted by Crippen LogP contribution is -2.48. The largest absolute Gasteiger partial charge is 0.344 e. The summed E-state index contributed by atoms with van der Waals surface area (Å²) in [6.07, 6.45) is 0.00854. The molecule has 1 atom stereocenters. The monoisotopic (exact) mass is 402 g/mol. The van der Waals surface area contributed by atoms with Crippen LogP contribution in [0, 0.1) is 13.8 Å². The molecule has 0 bridgehead atoms. The van der Waals surface area contributed by atoms with E-state index >= 15 is 0 Å². The van der Waals surface area contributed by atoms with Gasteiger partial charge in [0.25, 0.3) is 5.91 Å². The van der Waals surface area contributed by atoms with Crippen LogP contribution in [0.25, 0.3) is 10.9 Å². The van der Waals surface area contributed by atoms with Crippen LogP contribution in [0.2, 0.25) is 0 Å². The Hall–Kier alpha value is -3.74. The summed E-state index contributed by atoms with van der Waals surface area (Å²) in [6, 6.07) is 16.0. The lowest BCUT2D eigenvalue weighted by Gasteiger charge is -2.22. The van der Waals surface area contributed by atoms with Gasteiger partial charge in [0.1, 0.15) is 5.54 Å². The highest BCUT2D eigenvalue weighted by atomic mass is 16.2. The Morgan fingerprint density at radius 2 is 1.73 bits per heavy atom. The molecule has 0 unspecified atom stereocenters. The number of amides is 4. The van der Waals surface area contributed by atoms with Crippen LogP contribution in [0.15, 0.2) is 54.6 Å². The number of nitrogens with zero attached hydrogens (tertiary/aromatic N) is 2. The van der Waals surface area contributed by atoms with Crippen molar-refractivity contribution in [2.75, 3.05) is 0 Å². The number of hydrogen-bond acceptors (Lipinski definition) is 4. The van der Waals surface area contributed by atoms with E-state index in [9.17, 15) is 14.4 Å². The molecule has 30 heavy (non-hydrogen) atoms. The maximum absolute atomic E-state index is 13.0. The van der Waals surface area contributed by atoms with Crippen LogP contribution < -0.4 is 10.7 Å². The molecule has 1 aromatic heterocycles.